The van der Waals surface area contributed by atoms with Gasteiger partial charge in [-0.25, -0.2) is 0 Å². The van der Waals surface area contributed by atoms with Gasteiger partial charge in [-0.05, 0) is 12.8 Å². The van der Waals surface area contributed by atoms with Crippen LogP contribution in [-0.2, 0) is 4.79 Å². The summed E-state index contributed by atoms with van der Waals surface area (Å²) in [6, 6.07) is 0. The molecule has 0 aliphatic heterocycles. The fourth-order valence-corrected chi connectivity index (χ4v) is 3.20. The Labute approximate surface area is 197 Å². The van der Waals surface area contributed by atoms with E-state index in [0.29, 0.717) is 0 Å². The smallest absolute Gasteiger partial charge is 0.368 e. The van der Waals surface area contributed by atoms with Gasteiger partial charge in [0.15, 0.2) is 0 Å². The predicted molar refractivity (Wildman–Crippen MR) is 122 cm³/mol. The minimum Gasteiger partial charge on any atom is -0.368 e. The number of nitrogens with one attached hydrogen (secondary N) is 1. The molecule has 0 atom stereocenters. The predicted octanol–water partition coefficient (Wildman–Crippen LogP) is 3.51. The molecular weight excluding hydrogens is 397 g/mol. The Morgan fingerprint density at radius 2 is 1.24 bits per heavy atom. The van der Waals surface area contributed by atoms with E-state index in [9.17, 15) is 4.79 Å². The molecule has 0 fully saturated rings. The molecule has 0 aliphatic rings. The number of unbranched alkanes of at least 4 members (excludes halogenated alkanes) is 11. The Morgan fingerprint density at radius 3 is 1.72 bits per heavy atom. The van der Waals surface area contributed by atoms with Crippen LogP contribution < -0.4 is 5.32 Å². The molecule has 0 aromatic heterocycles. The number of allylic oxidation sites excluding steroid dienone is 2. The normalized spacial score (nSPS) is 11.4. The number of hydrogen-bond acceptors (Lipinski definition) is 5. The second-order valence-electron chi connectivity index (χ2n) is 7.64. The Balaban J connectivity index is 0. The van der Waals surface area contributed by atoms with E-state index in [4.69, 9.17) is 19.2 Å². The van der Waals surface area contributed by atoms with E-state index in [1.165, 1.54) is 109 Å². The van der Waals surface area contributed by atoms with Crippen LogP contribution in [0.3, 0.4) is 0 Å². The summed E-state index contributed by atoms with van der Waals surface area (Å²) < 4.78 is 1.29. The summed E-state index contributed by atoms with van der Waals surface area (Å²) in [5.41, 5.74) is 0. The minimum atomic E-state index is -4.61. The molecule has 0 aliphatic carbocycles. The van der Waals surface area contributed by atoms with Crippen molar-refractivity contribution in [1.82, 2.24) is 5.32 Å². The monoisotopic (exact) mass is 441 g/mol. The standard InChI is InChI=1S/C21H40NO.Na.H4O4Si/c1-3-5-6-7-8-9-10-11-12-13-14-15-16-17-18-19-21(23)22-20-4-2;;1-5(2,3)4/h11-12H,2-10,13-20H2,1H3,(H,22,23);;1-4H/b12-11-;;. The summed E-state index contributed by atoms with van der Waals surface area (Å²) in [4.78, 5) is 40.8. The first-order valence-electron chi connectivity index (χ1n) is 11.6. The molecule has 29 heavy (non-hydrogen) atoms. The van der Waals surface area contributed by atoms with Crippen molar-refractivity contribution in [3.63, 3.8) is 0 Å². The van der Waals surface area contributed by atoms with Gasteiger partial charge in [0, 0.05) is 0 Å². The summed E-state index contributed by atoms with van der Waals surface area (Å²) >= 11 is 1.25. The Bertz CT molecular complexity index is 373. The van der Waals surface area contributed by atoms with Crippen molar-refractivity contribution in [3.05, 3.63) is 12.2 Å². The maximum Gasteiger partial charge on any atom is 0.668 e. The van der Waals surface area contributed by atoms with Crippen molar-refractivity contribution in [2.45, 2.75) is 107 Å². The molecule has 0 spiro atoms. The molecule has 0 saturated carbocycles. The molecule has 0 saturated heterocycles. The quantitative estimate of drug-likeness (QED) is 0.127. The van der Waals surface area contributed by atoms with Crippen LogP contribution in [-0.4, -0.2) is 68.6 Å². The third-order valence-corrected chi connectivity index (χ3v) is 5.23. The fourth-order valence-electron chi connectivity index (χ4n) is 2.85. The van der Waals surface area contributed by atoms with Gasteiger partial charge < -0.3 is 19.2 Å². The summed E-state index contributed by atoms with van der Waals surface area (Å²) in [6.07, 6.45) is 23.6. The molecule has 168 valence electrons. The molecule has 8 heteroatoms. The maximum absolute atomic E-state index is 11.5. The minimum absolute atomic E-state index is 0.253. The number of amides is 1. The van der Waals surface area contributed by atoms with E-state index in [2.05, 4.69) is 24.4 Å². The number of carbonyl (C=O) groups is 1. The average molecular weight is 442 g/mol. The molecule has 0 aromatic carbocycles. The van der Waals surface area contributed by atoms with Gasteiger partial charge in [-0.1, -0.05) is 51.2 Å². The molecule has 0 rings (SSSR count). The number of hydrogen-bond donors (Lipinski definition) is 5. The van der Waals surface area contributed by atoms with Gasteiger partial charge in [-0.2, -0.15) is 0 Å². The van der Waals surface area contributed by atoms with Crippen LogP contribution >= 0.6 is 0 Å². The third kappa shape index (κ3) is 39.3. The summed E-state index contributed by atoms with van der Waals surface area (Å²) in [7, 11) is -4.61. The second-order valence-corrected chi connectivity index (χ2v) is 9.84. The van der Waals surface area contributed by atoms with E-state index in [0.717, 1.165) is 25.8 Å². The van der Waals surface area contributed by atoms with Crippen molar-refractivity contribution >= 4 is 42.9 Å². The molecular formula is C21H44NNaO5Si. The van der Waals surface area contributed by atoms with Gasteiger partial charge in [0.25, 0.3) is 0 Å². The van der Waals surface area contributed by atoms with Gasteiger partial charge >= 0.3 is 115 Å². The van der Waals surface area contributed by atoms with Crippen LogP contribution in [0, 0.1) is 0 Å². The van der Waals surface area contributed by atoms with Crippen LogP contribution in [0.4, 0.5) is 0 Å². The molecule has 0 aromatic rings. The average Bonchev–Trinajstić information content (AvgIpc) is 2.64. The molecule has 5 N–H and O–H groups in total. The van der Waals surface area contributed by atoms with Gasteiger partial charge in [-0.3, -0.25) is 0 Å². The van der Waals surface area contributed by atoms with Gasteiger partial charge in [0.2, 0.25) is 0 Å². The SMILES string of the molecule is CCCCCCCC/C=C\CCCCCCCC(=O)NCC[CH2][Na].O[Si](O)(O)O. The van der Waals surface area contributed by atoms with Gasteiger partial charge in [0.1, 0.15) is 0 Å². The summed E-state index contributed by atoms with van der Waals surface area (Å²) in [5.74, 6) is 0.253. The van der Waals surface area contributed by atoms with Crippen LogP contribution in [0.25, 0.3) is 0 Å². The van der Waals surface area contributed by atoms with E-state index in [1.807, 2.05) is 0 Å². The van der Waals surface area contributed by atoms with Crippen LogP contribution in [0.1, 0.15) is 103 Å². The summed E-state index contributed by atoms with van der Waals surface area (Å²) in [6.45, 7) is 3.16. The molecule has 0 radical (unpaired) electrons. The zero-order valence-electron chi connectivity index (χ0n) is 18.9. The van der Waals surface area contributed by atoms with Crippen molar-refractivity contribution in [3.8, 4) is 0 Å². The van der Waals surface area contributed by atoms with E-state index >= 15 is 0 Å². The Hall–Kier alpha value is 0.267. The first-order valence-corrected chi connectivity index (χ1v) is 14.8. The summed E-state index contributed by atoms with van der Waals surface area (Å²) in [5, 5.41) is 3.01. The van der Waals surface area contributed by atoms with E-state index in [-0.39, 0.29) is 5.91 Å². The zero-order chi connectivity index (χ0) is 22.2. The van der Waals surface area contributed by atoms with Crippen LogP contribution in [0.15, 0.2) is 12.2 Å². The Kier molecular flexibility index (Phi) is 26.6. The molecule has 0 unspecified atom stereocenters. The molecule has 6 nitrogen and oxygen atoms in total. The largest absolute Gasteiger partial charge is 0.668 e. The molecule has 1 amide bonds. The van der Waals surface area contributed by atoms with Crippen molar-refractivity contribution < 1.29 is 24.0 Å². The van der Waals surface area contributed by atoms with Crippen molar-refractivity contribution in [2.24, 2.45) is 0 Å². The van der Waals surface area contributed by atoms with E-state index in [1.54, 1.807) is 0 Å². The van der Waals surface area contributed by atoms with E-state index < -0.39 is 9.05 Å². The maximum atomic E-state index is 11.5. The number of carbonyl (C=O) groups excluding carboxylic acids is 1. The molecule has 0 bridgehead atoms. The number of rotatable bonds is 18. The first-order chi connectivity index (χ1) is 13.8. The van der Waals surface area contributed by atoms with Crippen molar-refractivity contribution in [1.29, 1.82) is 0 Å². The topological polar surface area (TPSA) is 110 Å². The van der Waals surface area contributed by atoms with Crippen molar-refractivity contribution in [2.75, 3.05) is 6.54 Å². The Morgan fingerprint density at radius 1 is 0.793 bits per heavy atom. The third-order valence-electron chi connectivity index (χ3n) is 4.52. The van der Waals surface area contributed by atoms with Crippen LogP contribution in [0.2, 0.25) is 3.67 Å². The van der Waals surface area contributed by atoms with Gasteiger partial charge in [-0.15, -0.1) is 0 Å². The zero-order valence-corrected chi connectivity index (χ0v) is 21.9. The fraction of sp³-hybridized carbons (Fsp3) is 0.857. The molecule has 0 heterocycles. The van der Waals surface area contributed by atoms with Crippen LogP contribution in [0.5, 0.6) is 0 Å². The second kappa shape index (κ2) is 24.5. The van der Waals surface area contributed by atoms with Gasteiger partial charge in [0.05, 0.1) is 0 Å². The first kappa shape index (κ1) is 31.5.